The van der Waals surface area contributed by atoms with Crippen LogP contribution in [-0.4, -0.2) is 18.4 Å². The number of nitrogens with zero attached hydrogens (tertiary/aromatic N) is 2. The van der Waals surface area contributed by atoms with Crippen molar-refractivity contribution < 1.29 is 8.42 Å². The van der Waals surface area contributed by atoms with E-state index in [1.807, 2.05) is 38.1 Å². The van der Waals surface area contributed by atoms with E-state index in [1.165, 1.54) is 0 Å². The minimum absolute atomic E-state index is 0.328. The fourth-order valence-electron chi connectivity index (χ4n) is 2.68. The van der Waals surface area contributed by atoms with Crippen LogP contribution in [0.4, 0.5) is 0 Å². The summed E-state index contributed by atoms with van der Waals surface area (Å²) in [7, 11) is -3.92. The van der Waals surface area contributed by atoms with Gasteiger partial charge in [-0.15, -0.1) is 0 Å². The summed E-state index contributed by atoms with van der Waals surface area (Å²) < 4.78 is 23.1. The number of sulfonamides is 1. The first-order valence-electron chi connectivity index (χ1n) is 6.49. The molecule has 108 valence electrons. The van der Waals surface area contributed by atoms with E-state index >= 15 is 0 Å². The molecule has 1 aromatic heterocycles. The van der Waals surface area contributed by atoms with Gasteiger partial charge >= 0.3 is 0 Å². The highest BCUT2D eigenvalue weighted by atomic mass is 32.2. The molecule has 0 saturated heterocycles. The van der Waals surface area contributed by atoms with Crippen molar-refractivity contribution in [3.8, 4) is 0 Å². The van der Waals surface area contributed by atoms with Crippen molar-refractivity contribution in [2.45, 2.75) is 25.9 Å². The maximum atomic E-state index is 11.5. The van der Waals surface area contributed by atoms with Gasteiger partial charge in [-0.05, 0) is 42.7 Å². The molecule has 2 aromatic carbocycles. The van der Waals surface area contributed by atoms with Crippen LogP contribution in [0.3, 0.4) is 0 Å². The highest BCUT2D eigenvalue weighted by Crippen LogP contribution is 2.32. The Bertz CT molecular complexity index is 995. The predicted octanol–water partition coefficient (Wildman–Crippen LogP) is 2.36. The zero-order valence-electron chi connectivity index (χ0n) is 12.0. The summed E-state index contributed by atoms with van der Waals surface area (Å²) in [5.41, 5.74) is 3.28. The number of fused-ring (bicyclic) bond motifs is 3. The van der Waals surface area contributed by atoms with Crippen LogP contribution in [0.2, 0.25) is 0 Å². The average Bonchev–Trinajstić information content (AvgIpc) is 2.43. The van der Waals surface area contributed by atoms with Gasteiger partial charge in [0.15, 0.2) is 0 Å². The molecule has 2 N–H and O–H groups in total. The summed E-state index contributed by atoms with van der Waals surface area (Å²) in [4.78, 5) is 8.26. The lowest BCUT2D eigenvalue weighted by Crippen LogP contribution is -2.17. The predicted molar refractivity (Wildman–Crippen MR) is 82.6 cm³/mol. The van der Waals surface area contributed by atoms with Crippen LogP contribution >= 0.6 is 0 Å². The quantitative estimate of drug-likeness (QED) is 0.552. The number of aryl methyl sites for hydroxylation is 3. The van der Waals surface area contributed by atoms with Gasteiger partial charge in [-0.25, -0.2) is 23.5 Å². The van der Waals surface area contributed by atoms with Crippen molar-refractivity contribution >= 4 is 31.7 Å². The Hall–Kier alpha value is -2.05. The Morgan fingerprint density at radius 2 is 1.57 bits per heavy atom. The molecule has 0 saturated carbocycles. The van der Waals surface area contributed by atoms with Crippen LogP contribution in [0.1, 0.15) is 16.8 Å². The summed E-state index contributed by atoms with van der Waals surface area (Å²) in [6.45, 7) is 5.72. The first-order valence-corrected chi connectivity index (χ1v) is 8.04. The number of hydrogen-bond acceptors (Lipinski definition) is 4. The van der Waals surface area contributed by atoms with E-state index in [4.69, 9.17) is 5.14 Å². The maximum absolute atomic E-state index is 11.5. The molecule has 0 radical (unpaired) electrons. The van der Waals surface area contributed by atoms with Crippen LogP contribution in [-0.2, 0) is 10.0 Å². The fourth-order valence-corrected chi connectivity index (χ4v) is 3.16. The number of hydrogen-bond donors (Lipinski definition) is 1. The van der Waals surface area contributed by atoms with Crippen molar-refractivity contribution in [1.82, 2.24) is 9.97 Å². The number of rotatable bonds is 1. The second-order valence-electron chi connectivity index (χ2n) is 5.16. The lowest BCUT2D eigenvalue weighted by Gasteiger charge is -2.13. The SMILES string of the molecule is Cc1c(C)c2nc(S(N)(=O)=O)nc(C)c2c2ccccc12. The molecule has 1 heterocycles. The third kappa shape index (κ3) is 2.07. The largest absolute Gasteiger partial charge is 0.273 e. The van der Waals surface area contributed by atoms with Gasteiger partial charge in [0, 0.05) is 5.39 Å². The van der Waals surface area contributed by atoms with Gasteiger partial charge < -0.3 is 0 Å². The zero-order chi connectivity index (χ0) is 15.4. The normalized spacial score (nSPS) is 12.2. The smallest absolute Gasteiger partial charge is 0.222 e. The Kier molecular flexibility index (Phi) is 2.96. The zero-order valence-corrected chi connectivity index (χ0v) is 12.8. The minimum Gasteiger partial charge on any atom is -0.222 e. The summed E-state index contributed by atoms with van der Waals surface area (Å²) in [5.74, 6) is 0. The van der Waals surface area contributed by atoms with Crippen molar-refractivity contribution in [2.75, 3.05) is 0 Å². The Balaban J connectivity index is 2.62. The number of benzene rings is 2. The van der Waals surface area contributed by atoms with E-state index in [1.54, 1.807) is 6.92 Å². The van der Waals surface area contributed by atoms with Crippen molar-refractivity contribution in [3.05, 3.63) is 41.1 Å². The van der Waals surface area contributed by atoms with E-state index in [0.717, 1.165) is 27.3 Å². The van der Waals surface area contributed by atoms with E-state index in [2.05, 4.69) is 9.97 Å². The van der Waals surface area contributed by atoms with Gasteiger partial charge in [0.2, 0.25) is 0 Å². The van der Waals surface area contributed by atoms with E-state index < -0.39 is 10.0 Å². The molecular formula is C15H15N3O2S. The maximum Gasteiger partial charge on any atom is 0.273 e. The minimum atomic E-state index is -3.92. The summed E-state index contributed by atoms with van der Waals surface area (Å²) in [6, 6.07) is 7.97. The van der Waals surface area contributed by atoms with Crippen molar-refractivity contribution in [1.29, 1.82) is 0 Å². The van der Waals surface area contributed by atoms with Gasteiger partial charge in [0.1, 0.15) is 0 Å². The van der Waals surface area contributed by atoms with Crippen LogP contribution in [0.15, 0.2) is 29.4 Å². The molecule has 0 atom stereocenters. The van der Waals surface area contributed by atoms with Crippen molar-refractivity contribution in [2.24, 2.45) is 5.14 Å². The molecule has 0 aliphatic heterocycles. The molecule has 0 aliphatic rings. The lowest BCUT2D eigenvalue weighted by molar-refractivity contribution is 0.589. The van der Waals surface area contributed by atoms with Crippen LogP contribution in [0.25, 0.3) is 21.7 Å². The molecule has 0 bridgehead atoms. The van der Waals surface area contributed by atoms with Gasteiger partial charge in [0.25, 0.3) is 15.2 Å². The molecule has 0 spiro atoms. The van der Waals surface area contributed by atoms with E-state index in [0.29, 0.717) is 11.2 Å². The highest BCUT2D eigenvalue weighted by molar-refractivity contribution is 7.89. The Labute approximate surface area is 122 Å². The second kappa shape index (κ2) is 4.47. The van der Waals surface area contributed by atoms with Gasteiger partial charge in [-0.1, -0.05) is 24.3 Å². The Morgan fingerprint density at radius 3 is 2.19 bits per heavy atom. The molecule has 0 amide bonds. The molecule has 6 heteroatoms. The van der Waals surface area contributed by atoms with Crippen LogP contribution in [0, 0.1) is 20.8 Å². The van der Waals surface area contributed by atoms with E-state index in [9.17, 15) is 8.42 Å². The molecule has 0 fully saturated rings. The standard InChI is InChI=1S/C15H15N3O2S/c1-8-9(2)14-13(12-7-5-4-6-11(8)12)10(3)17-15(18-14)21(16,19)20/h4-7H,1-3H3,(H2,16,19,20). The van der Waals surface area contributed by atoms with Gasteiger partial charge in [0.05, 0.1) is 11.2 Å². The fraction of sp³-hybridized carbons (Fsp3) is 0.200. The topological polar surface area (TPSA) is 85.9 Å². The summed E-state index contributed by atoms with van der Waals surface area (Å²) in [5, 5.41) is 7.86. The van der Waals surface area contributed by atoms with Gasteiger partial charge in [-0.2, -0.15) is 0 Å². The summed E-state index contributed by atoms with van der Waals surface area (Å²) in [6.07, 6.45) is 0. The lowest BCUT2D eigenvalue weighted by atomic mass is 9.95. The van der Waals surface area contributed by atoms with Gasteiger partial charge in [-0.3, -0.25) is 0 Å². The summed E-state index contributed by atoms with van der Waals surface area (Å²) >= 11 is 0. The number of aromatic nitrogens is 2. The highest BCUT2D eigenvalue weighted by Gasteiger charge is 2.18. The monoisotopic (exact) mass is 301 g/mol. The third-order valence-electron chi connectivity index (χ3n) is 3.84. The average molecular weight is 301 g/mol. The third-order valence-corrected chi connectivity index (χ3v) is 4.53. The second-order valence-corrected chi connectivity index (χ2v) is 6.61. The molecule has 0 unspecified atom stereocenters. The van der Waals surface area contributed by atoms with Crippen molar-refractivity contribution in [3.63, 3.8) is 0 Å². The van der Waals surface area contributed by atoms with Crippen LogP contribution in [0.5, 0.6) is 0 Å². The first-order chi connectivity index (χ1) is 9.80. The molecule has 21 heavy (non-hydrogen) atoms. The molecular weight excluding hydrogens is 286 g/mol. The number of nitrogens with two attached hydrogens (primary N) is 1. The number of primary sulfonamides is 1. The molecule has 3 aromatic rings. The Morgan fingerprint density at radius 1 is 0.952 bits per heavy atom. The van der Waals surface area contributed by atoms with E-state index in [-0.39, 0.29) is 5.16 Å². The molecule has 3 rings (SSSR count). The first kappa shape index (κ1) is 13.9. The molecule has 0 aliphatic carbocycles. The molecule has 5 nitrogen and oxygen atoms in total. The van der Waals surface area contributed by atoms with Crippen LogP contribution < -0.4 is 5.14 Å².